The molecule has 2 aromatic heterocycles. The summed E-state index contributed by atoms with van der Waals surface area (Å²) in [5.74, 6) is 0.161. The van der Waals surface area contributed by atoms with Gasteiger partial charge in [0.1, 0.15) is 22.1 Å². The maximum Gasteiger partial charge on any atom is 0.341 e. The minimum atomic E-state index is -0.467. The molecule has 8 heteroatoms. The van der Waals surface area contributed by atoms with Gasteiger partial charge in [0.2, 0.25) is 0 Å². The van der Waals surface area contributed by atoms with Gasteiger partial charge in [-0.2, -0.15) is 0 Å². The lowest BCUT2D eigenvalue weighted by Gasteiger charge is -2.10. The smallest absolute Gasteiger partial charge is 0.341 e. The molecular formula is C20H19NO5S2. The molecule has 28 heavy (non-hydrogen) atoms. The van der Waals surface area contributed by atoms with Crippen molar-refractivity contribution < 1.29 is 23.8 Å². The summed E-state index contributed by atoms with van der Waals surface area (Å²) < 4.78 is 15.6. The number of anilines is 1. The van der Waals surface area contributed by atoms with E-state index in [9.17, 15) is 9.59 Å². The number of benzene rings is 1. The van der Waals surface area contributed by atoms with E-state index in [2.05, 4.69) is 5.32 Å². The first-order valence-corrected chi connectivity index (χ1v) is 10.2. The predicted molar refractivity (Wildman–Crippen MR) is 111 cm³/mol. The van der Waals surface area contributed by atoms with Gasteiger partial charge in [0, 0.05) is 27.5 Å². The Morgan fingerprint density at radius 2 is 1.79 bits per heavy atom. The molecule has 0 aliphatic rings. The zero-order valence-corrected chi connectivity index (χ0v) is 17.2. The van der Waals surface area contributed by atoms with Crippen LogP contribution in [0.5, 0.6) is 11.5 Å². The van der Waals surface area contributed by atoms with Gasteiger partial charge in [0.05, 0.1) is 20.8 Å². The molecule has 3 aromatic rings. The van der Waals surface area contributed by atoms with E-state index in [1.165, 1.54) is 36.9 Å². The van der Waals surface area contributed by atoms with Crippen LogP contribution in [0.1, 0.15) is 27.6 Å². The Labute approximate surface area is 170 Å². The van der Waals surface area contributed by atoms with Crippen molar-refractivity contribution in [3.8, 4) is 21.9 Å². The Balaban J connectivity index is 1.96. The number of nitrogens with one attached hydrogen (secondary N) is 1. The molecule has 0 aliphatic heterocycles. The van der Waals surface area contributed by atoms with Crippen LogP contribution in [-0.4, -0.2) is 32.7 Å². The summed E-state index contributed by atoms with van der Waals surface area (Å²) >= 11 is 2.80. The second-order valence-electron chi connectivity index (χ2n) is 5.61. The number of rotatable bonds is 7. The topological polar surface area (TPSA) is 73.9 Å². The number of esters is 1. The third kappa shape index (κ3) is 4.18. The van der Waals surface area contributed by atoms with Crippen LogP contribution >= 0.6 is 22.7 Å². The first-order valence-electron chi connectivity index (χ1n) is 8.44. The average Bonchev–Trinajstić information content (AvgIpc) is 3.37. The maximum atomic E-state index is 12.8. The minimum absolute atomic E-state index is 0.249. The summed E-state index contributed by atoms with van der Waals surface area (Å²) in [4.78, 5) is 26.3. The second kappa shape index (κ2) is 8.90. The van der Waals surface area contributed by atoms with Crippen LogP contribution in [0.4, 0.5) is 5.00 Å². The molecule has 0 saturated heterocycles. The molecule has 146 valence electrons. The largest absolute Gasteiger partial charge is 0.497 e. The Kier molecular flexibility index (Phi) is 6.33. The molecule has 0 aliphatic carbocycles. The van der Waals surface area contributed by atoms with Gasteiger partial charge in [-0.1, -0.05) is 6.07 Å². The molecule has 1 amide bonds. The quantitative estimate of drug-likeness (QED) is 0.552. The van der Waals surface area contributed by atoms with Crippen molar-refractivity contribution in [3.05, 3.63) is 52.2 Å². The zero-order chi connectivity index (χ0) is 20.1. The van der Waals surface area contributed by atoms with Crippen molar-refractivity contribution in [3.63, 3.8) is 0 Å². The van der Waals surface area contributed by atoms with Crippen LogP contribution in [0.15, 0.2) is 41.1 Å². The monoisotopic (exact) mass is 417 g/mol. The van der Waals surface area contributed by atoms with E-state index >= 15 is 0 Å². The van der Waals surface area contributed by atoms with Crippen molar-refractivity contribution in [2.45, 2.75) is 6.92 Å². The van der Waals surface area contributed by atoms with E-state index in [1.807, 2.05) is 22.9 Å². The first kappa shape index (κ1) is 19.9. The SMILES string of the molecule is CCOC(=O)c1c(-c2cccs2)csc1NC(=O)c1cc(OC)cc(OC)c1. The lowest BCUT2D eigenvalue weighted by Crippen LogP contribution is -2.15. The fourth-order valence-corrected chi connectivity index (χ4v) is 4.35. The fraction of sp³-hybridized carbons (Fsp3) is 0.200. The van der Waals surface area contributed by atoms with Crippen LogP contribution in [0.25, 0.3) is 10.4 Å². The molecule has 0 fully saturated rings. The molecule has 1 aromatic carbocycles. The molecule has 6 nitrogen and oxygen atoms in total. The van der Waals surface area contributed by atoms with E-state index in [1.54, 1.807) is 25.1 Å². The van der Waals surface area contributed by atoms with Gasteiger partial charge >= 0.3 is 5.97 Å². The molecule has 1 N–H and O–H groups in total. The molecule has 3 rings (SSSR count). The number of carbonyl (C=O) groups excluding carboxylic acids is 2. The maximum absolute atomic E-state index is 12.8. The van der Waals surface area contributed by atoms with Gasteiger partial charge < -0.3 is 19.5 Å². The molecule has 0 spiro atoms. The Morgan fingerprint density at radius 1 is 1.07 bits per heavy atom. The molecule has 0 radical (unpaired) electrons. The van der Waals surface area contributed by atoms with Crippen molar-refractivity contribution in [2.24, 2.45) is 0 Å². The molecule has 2 heterocycles. The second-order valence-corrected chi connectivity index (χ2v) is 7.43. The standard InChI is InChI=1S/C20H19NO5S2/c1-4-26-20(23)17-15(16-6-5-7-27-16)11-28-19(17)21-18(22)12-8-13(24-2)10-14(9-12)25-3/h5-11H,4H2,1-3H3,(H,21,22). The van der Waals surface area contributed by atoms with Crippen LogP contribution in [0.2, 0.25) is 0 Å². The average molecular weight is 418 g/mol. The number of hydrogen-bond acceptors (Lipinski definition) is 7. The first-order chi connectivity index (χ1) is 13.6. The van der Waals surface area contributed by atoms with Crippen LogP contribution in [0.3, 0.4) is 0 Å². The van der Waals surface area contributed by atoms with Gasteiger partial charge in [0.25, 0.3) is 5.91 Å². The lowest BCUT2D eigenvalue weighted by atomic mass is 10.1. The van der Waals surface area contributed by atoms with Gasteiger partial charge in [0.15, 0.2) is 0 Å². The lowest BCUT2D eigenvalue weighted by molar-refractivity contribution is 0.0529. The summed E-state index contributed by atoms with van der Waals surface area (Å²) in [5.41, 5.74) is 1.46. The van der Waals surface area contributed by atoms with E-state index in [-0.39, 0.29) is 12.5 Å². The molecule has 0 atom stereocenters. The van der Waals surface area contributed by atoms with E-state index < -0.39 is 5.97 Å². The number of hydrogen-bond donors (Lipinski definition) is 1. The van der Waals surface area contributed by atoms with E-state index in [0.29, 0.717) is 27.6 Å². The third-order valence-corrected chi connectivity index (χ3v) is 5.70. The number of amides is 1. The zero-order valence-electron chi connectivity index (χ0n) is 15.6. The van der Waals surface area contributed by atoms with Gasteiger partial charge in [-0.25, -0.2) is 4.79 Å². The summed E-state index contributed by atoms with van der Waals surface area (Å²) in [7, 11) is 3.03. The Bertz CT molecular complexity index is 956. The van der Waals surface area contributed by atoms with Crippen molar-refractivity contribution >= 4 is 39.6 Å². The molecule has 0 unspecified atom stereocenters. The van der Waals surface area contributed by atoms with Crippen LogP contribution in [-0.2, 0) is 4.74 Å². The van der Waals surface area contributed by atoms with Crippen molar-refractivity contribution in [1.82, 2.24) is 0 Å². The molecule has 0 saturated carbocycles. The summed E-state index contributed by atoms with van der Waals surface area (Å²) in [6.45, 7) is 1.99. The van der Waals surface area contributed by atoms with E-state index in [0.717, 1.165) is 10.4 Å². The highest BCUT2D eigenvalue weighted by atomic mass is 32.1. The number of methoxy groups -OCH3 is 2. The third-order valence-electron chi connectivity index (χ3n) is 3.90. The van der Waals surface area contributed by atoms with Crippen LogP contribution < -0.4 is 14.8 Å². The van der Waals surface area contributed by atoms with Crippen molar-refractivity contribution in [2.75, 3.05) is 26.1 Å². The molecule has 0 bridgehead atoms. The van der Waals surface area contributed by atoms with Crippen LogP contribution in [0, 0.1) is 0 Å². The molecular weight excluding hydrogens is 398 g/mol. The van der Waals surface area contributed by atoms with Gasteiger partial charge in [-0.15, -0.1) is 22.7 Å². The van der Waals surface area contributed by atoms with Gasteiger partial charge in [-0.05, 0) is 30.5 Å². The normalized spacial score (nSPS) is 10.4. The highest BCUT2D eigenvalue weighted by molar-refractivity contribution is 7.17. The summed E-state index contributed by atoms with van der Waals surface area (Å²) in [6.07, 6.45) is 0. The number of carbonyl (C=O) groups is 2. The highest BCUT2D eigenvalue weighted by Gasteiger charge is 2.24. The predicted octanol–water partition coefficient (Wildman–Crippen LogP) is 4.92. The highest BCUT2D eigenvalue weighted by Crippen LogP contribution is 2.38. The Morgan fingerprint density at radius 3 is 2.36 bits per heavy atom. The minimum Gasteiger partial charge on any atom is -0.497 e. The summed E-state index contributed by atoms with van der Waals surface area (Å²) in [5, 5.41) is 7.04. The van der Waals surface area contributed by atoms with Crippen molar-refractivity contribution in [1.29, 1.82) is 0 Å². The summed E-state index contributed by atoms with van der Waals surface area (Å²) in [6, 6.07) is 8.73. The Hall–Kier alpha value is -2.84. The number of thiophene rings is 2. The van der Waals surface area contributed by atoms with E-state index in [4.69, 9.17) is 14.2 Å². The fourth-order valence-electron chi connectivity index (χ4n) is 2.58. The van der Waals surface area contributed by atoms with Gasteiger partial charge in [-0.3, -0.25) is 4.79 Å². The number of ether oxygens (including phenoxy) is 3.